The molecule has 0 fully saturated rings. The minimum atomic E-state index is -0.652. The second-order valence-corrected chi connectivity index (χ2v) is 4.24. The summed E-state index contributed by atoms with van der Waals surface area (Å²) < 4.78 is 18.6. The summed E-state index contributed by atoms with van der Waals surface area (Å²) in [5.74, 6) is -0.510. The van der Waals surface area contributed by atoms with Crippen molar-refractivity contribution in [2.24, 2.45) is 0 Å². The fourth-order valence-electron chi connectivity index (χ4n) is 1.71. The number of nitriles is 1. The van der Waals surface area contributed by atoms with Gasteiger partial charge in [-0.2, -0.15) is 5.26 Å². The number of ketones is 1. The van der Waals surface area contributed by atoms with E-state index >= 15 is 0 Å². The van der Waals surface area contributed by atoms with Gasteiger partial charge in [-0.15, -0.1) is 0 Å². The van der Waals surface area contributed by atoms with Crippen LogP contribution in [0.2, 0.25) is 0 Å². The van der Waals surface area contributed by atoms with Crippen LogP contribution in [0.1, 0.15) is 11.1 Å². The van der Waals surface area contributed by atoms with Gasteiger partial charge in [0.1, 0.15) is 24.2 Å². The Balaban J connectivity index is 1.91. The SMILES string of the molecule is N#Cc1ccc(OCC(=O)Cc2ccccc2)cc1F. The summed E-state index contributed by atoms with van der Waals surface area (Å²) in [5, 5.41) is 8.61. The molecule has 0 aliphatic rings. The van der Waals surface area contributed by atoms with Crippen LogP contribution in [0, 0.1) is 17.1 Å². The van der Waals surface area contributed by atoms with Crippen LogP contribution in [0.25, 0.3) is 0 Å². The zero-order valence-electron chi connectivity index (χ0n) is 10.7. The van der Waals surface area contributed by atoms with E-state index in [1.165, 1.54) is 12.1 Å². The van der Waals surface area contributed by atoms with Gasteiger partial charge in [0, 0.05) is 12.5 Å². The summed E-state index contributed by atoms with van der Waals surface area (Å²) in [6.45, 7) is -0.125. The number of halogens is 1. The number of hydrogen-bond donors (Lipinski definition) is 0. The molecular weight excluding hydrogens is 257 g/mol. The first-order chi connectivity index (χ1) is 9.69. The summed E-state index contributed by atoms with van der Waals surface area (Å²) >= 11 is 0. The lowest BCUT2D eigenvalue weighted by molar-refractivity contribution is -0.120. The third kappa shape index (κ3) is 3.66. The van der Waals surface area contributed by atoms with Gasteiger partial charge in [0.15, 0.2) is 5.78 Å². The Morgan fingerprint density at radius 1 is 1.20 bits per heavy atom. The molecule has 2 aromatic rings. The fourth-order valence-corrected chi connectivity index (χ4v) is 1.71. The number of Topliss-reactive ketones (excluding diaryl/α,β-unsaturated/α-hetero) is 1. The molecule has 100 valence electrons. The van der Waals surface area contributed by atoms with E-state index in [4.69, 9.17) is 10.00 Å². The monoisotopic (exact) mass is 269 g/mol. The Morgan fingerprint density at radius 2 is 1.95 bits per heavy atom. The second-order valence-electron chi connectivity index (χ2n) is 4.24. The van der Waals surface area contributed by atoms with Crippen molar-refractivity contribution >= 4 is 5.78 Å². The third-order valence-electron chi connectivity index (χ3n) is 2.70. The molecule has 0 amide bonds. The van der Waals surface area contributed by atoms with Gasteiger partial charge in [-0.25, -0.2) is 4.39 Å². The molecule has 20 heavy (non-hydrogen) atoms. The van der Waals surface area contributed by atoms with Gasteiger partial charge < -0.3 is 4.74 Å². The van der Waals surface area contributed by atoms with E-state index in [0.29, 0.717) is 0 Å². The third-order valence-corrected chi connectivity index (χ3v) is 2.70. The molecule has 2 rings (SSSR count). The van der Waals surface area contributed by atoms with Crippen LogP contribution >= 0.6 is 0 Å². The Kier molecular flexibility index (Phi) is 4.46. The maximum absolute atomic E-state index is 13.3. The Morgan fingerprint density at radius 3 is 2.60 bits per heavy atom. The van der Waals surface area contributed by atoms with Gasteiger partial charge in [-0.05, 0) is 17.7 Å². The molecule has 0 saturated carbocycles. The molecule has 0 spiro atoms. The number of ether oxygens (including phenoxy) is 1. The predicted octanol–water partition coefficient (Wildman–Crippen LogP) is 2.89. The average molecular weight is 269 g/mol. The van der Waals surface area contributed by atoms with Crippen molar-refractivity contribution in [3.8, 4) is 11.8 Å². The molecule has 0 radical (unpaired) electrons. The molecule has 0 saturated heterocycles. The van der Waals surface area contributed by atoms with E-state index in [1.807, 2.05) is 30.3 Å². The molecule has 0 unspecified atom stereocenters. The molecule has 4 heteroatoms. The molecule has 0 heterocycles. The molecule has 0 aliphatic heterocycles. The number of hydrogen-bond acceptors (Lipinski definition) is 3. The van der Waals surface area contributed by atoms with Gasteiger partial charge in [0.2, 0.25) is 0 Å². The van der Waals surface area contributed by atoms with Crippen molar-refractivity contribution < 1.29 is 13.9 Å². The van der Waals surface area contributed by atoms with Crippen LogP contribution < -0.4 is 4.74 Å². The zero-order chi connectivity index (χ0) is 14.4. The summed E-state index contributed by atoms with van der Waals surface area (Å²) in [6.07, 6.45) is 0.277. The number of carbonyl (C=O) groups excluding carboxylic acids is 1. The first-order valence-corrected chi connectivity index (χ1v) is 6.07. The lowest BCUT2D eigenvalue weighted by atomic mass is 10.1. The molecule has 0 aromatic heterocycles. The van der Waals surface area contributed by atoms with Gasteiger partial charge in [0.25, 0.3) is 0 Å². The lowest BCUT2D eigenvalue weighted by Crippen LogP contribution is -2.13. The number of rotatable bonds is 5. The smallest absolute Gasteiger partial charge is 0.174 e. The standard InChI is InChI=1S/C16H12FNO2/c17-16-9-15(7-6-13(16)10-18)20-11-14(19)8-12-4-2-1-3-5-12/h1-7,9H,8,11H2. The van der Waals surface area contributed by atoms with E-state index in [1.54, 1.807) is 6.07 Å². The highest BCUT2D eigenvalue weighted by atomic mass is 19.1. The summed E-state index contributed by atoms with van der Waals surface area (Å²) in [4.78, 5) is 11.7. The fraction of sp³-hybridized carbons (Fsp3) is 0.125. The van der Waals surface area contributed by atoms with Crippen molar-refractivity contribution in [2.75, 3.05) is 6.61 Å². The summed E-state index contributed by atoms with van der Waals surface area (Å²) in [5.41, 5.74) is 0.861. The van der Waals surface area contributed by atoms with Crippen molar-refractivity contribution in [2.45, 2.75) is 6.42 Å². The van der Waals surface area contributed by atoms with E-state index < -0.39 is 5.82 Å². The van der Waals surface area contributed by atoms with E-state index in [0.717, 1.165) is 11.6 Å². The zero-order valence-corrected chi connectivity index (χ0v) is 10.7. The molecule has 0 bridgehead atoms. The topological polar surface area (TPSA) is 50.1 Å². The second kappa shape index (κ2) is 6.48. The van der Waals surface area contributed by atoms with Crippen LogP contribution in [-0.4, -0.2) is 12.4 Å². The maximum Gasteiger partial charge on any atom is 0.174 e. The maximum atomic E-state index is 13.3. The van der Waals surface area contributed by atoms with Crippen LogP contribution in [0.4, 0.5) is 4.39 Å². The van der Waals surface area contributed by atoms with Gasteiger partial charge in [-0.1, -0.05) is 30.3 Å². The van der Waals surface area contributed by atoms with Gasteiger partial charge in [0.05, 0.1) is 5.56 Å². The largest absolute Gasteiger partial charge is 0.486 e. The average Bonchev–Trinajstić information content (AvgIpc) is 2.46. The quantitative estimate of drug-likeness (QED) is 0.838. The van der Waals surface area contributed by atoms with Crippen molar-refractivity contribution in [1.82, 2.24) is 0 Å². The van der Waals surface area contributed by atoms with Crippen molar-refractivity contribution in [3.63, 3.8) is 0 Å². The number of nitrogens with zero attached hydrogens (tertiary/aromatic N) is 1. The molecule has 0 atom stereocenters. The minimum Gasteiger partial charge on any atom is -0.486 e. The van der Waals surface area contributed by atoms with E-state index in [9.17, 15) is 9.18 Å². The molecular formula is C16H12FNO2. The minimum absolute atomic E-state index is 0.0482. The molecule has 0 aliphatic carbocycles. The van der Waals surface area contributed by atoms with Crippen molar-refractivity contribution in [1.29, 1.82) is 5.26 Å². The summed E-state index contributed by atoms with van der Waals surface area (Å²) in [6, 6.07) is 14.9. The molecule has 2 aromatic carbocycles. The summed E-state index contributed by atoms with van der Waals surface area (Å²) in [7, 11) is 0. The van der Waals surface area contributed by atoms with Gasteiger partial charge >= 0.3 is 0 Å². The van der Waals surface area contributed by atoms with Crippen LogP contribution in [-0.2, 0) is 11.2 Å². The van der Waals surface area contributed by atoms with Crippen molar-refractivity contribution in [3.05, 3.63) is 65.5 Å². The lowest BCUT2D eigenvalue weighted by Gasteiger charge is -2.06. The number of benzene rings is 2. The highest BCUT2D eigenvalue weighted by Gasteiger charge is 2.07. The van der Waals surface area contributed by atoms with E-state index in [2.05, 4.69) is 0 Å². The first kappa shape index (κ1) is 13.8. The van der Waals surface area contributed by atoms with Crippen LogP contribution in [0.15, 0.2) is 48.5 Å². The van der Waals surface area contributed by atoms with Gasteiger partial charge in [-0.3, -0.25) is 4.79 Å². The van der Waals surface area contributed by atoms with E-state index in [-0.39, 0.29) is 30.1 Å². The number of carbonyl (C=O) groups is 1. The van der Waals surface area contributed by atoms with Crippen LogP contribution in [0.3, 0.4) is 0 Å². The normalized spacial score (nSPS) is 9.80. The Labute approximate surface area is 116 Å². The molecule has 0 N–H and O–H groups in total. The molecule has 3 nitrogen and oxygen atoms in total. The highest BCUT2D eigenvalue weighted by molar-refractivity contribution is 5.82. The predicted molar refractivity (Wildman–Crippen MR) is 71.8 cm³/mol. The first-order valence-electron chi connectivity index (χ1n) is 6.07. The van der Waals surface area contributed by atoms with Crippen LogP contribution in [0.5, 0.6) is 5.75 Å². The Bertz CT molecular complexity index is 647. The Hall–Kier alpha value is -2.67. The highest BCUT2D eigenvalue weighted by Crippen LogP contribution is 2.16.